The number of nitrogens with zero attached hydrogens (tertiary/aromatic N) is 3. The van der Waals surface area contributed by atoms with Crippen molar-refractivity contribution in [3.05, 3.63) is 59.2 Å². The molecule has 0 fully saturated rings. The van der Waals surface area contributed by atoms with Crippen LogP contribution < -0.4 is 4.74 Å². The summed E-state index contributed by atoms with van der Waals surface area (Å²) < 4.78 is 35.1. The number of pyridine rings is 1. The molecular weight excluding hydrogens is 352 g/mol. The smallest absolute Gasteiger partial charge is 0.387 e. The zero-order valence-corrected chi connectivity index (χ0v) is 13.5. The summed E-state index contributed by atoms with van der Waals surface area (Å²) in [4.78, 5) is 16.3. The number of benzene rings is 1. The number of ether oxygens (including phenoxy) is 1. The first-order chi connectivity index (χ1) is 12.0. The van der Waals surface area contributed by atoms with Gasteiger partial charge >= 0.3 is 6.61 Å². The van der Waals surface area contributed by atoms with E-state index in [2.05, 4.69) is 14.8 Å². The number of ketones is 1. The molecule has 0 saturated heterocycles. The van der Waals surface area contributed by atoms with E-state index in [1.54, 1.807) is 24.5 Å². The van der Waals surface area contributed by atoms with Gasteiger partial charge in [0.1, 0.15) is 12.3 Å². The molecule has 0 radical (unpaired) electrons. The van der Waals surface area contributed by atoms with Gasteiger partial charge in [-0.05, 0) is 48.6 Å². The minimum atomic E-state index is -2.92. The molecule has 128 valence electrons. The molecule has 2 aromatic heterocycles. The standard InChI is InChI=1S/C16H11F2N3O3S/c17-15(18)23-12-5-3-10(4-6-12)13(22)9-21-16(25)24-14(20-21)11-2-1-7-19-8-11/h1-8,15H,9H2. The van der Waals surface area contributed by atoms with E-state index in [0.29, 0.717) is 11.1 Å². The Hall–Kier alpha value is -2.94. The predicted octanol–water partition coefficient (Wildman–Crippen LogP) is 3.75. The largest absolute Gasteiger partial charge is 0.435 e. The van der Waals surface area contributed by atoms with Crippen molar-refractivity contribution < 1.29 is 22.7 Å². The van der Waals surface area contributed by atoms with Crippen molar-refractivity contribution in [1.29, 1.82) is 0 Å². The number of rotatable bonds is 6. The van der Waals surface area contributed by atoms with Crippen molar-refractivity contribution >= 4 is 18.0 Å². The van der Waals surface area contributed by atoms with Gasteiger partial charge in [-0.1, -0.05) is 0 Å². The molecule has 0 aliphatic heterocycles. The zero-order valence-electron chi connectivity index (χ0n) is 12.6. The van der Waals surface area contributed by atoms with E-state index in [-0.39, 0.29) is 28.8 Å². The van der Waals surface area contributed by atoms with Crippen LogP contribution in [0.2, 0.25) is 0 Å². The van der Waals surface area contributed by atoms with Crippen LogP contribution in [0.1, 0.15) is 10.4 Å². The van der Waals surface area contributed by atoms with Crippen LogP contribution in [0.3, 0.4) is 0 Å². The average molecular weight is 363 g/mol. The van der Waals surface area contributed by atoms with Crippen molar-refractivity contribution in [3.63, 3.8) is 0 Å². The third kappa shape index (κ3) is 4.13. The van der Waals surface area contributed by atoms with E-state index >= 15 is 0 Å². The molecule has 0 amide bonds. The normalized spacial score (nSPS) is 10.8. The van der Waals surface area contributed by atoms with Crippen molar-refractivity contribution in [2.24, 2.45) is 0 Å². The summed E-state index contributed by atoms with van der Waals surface area (Å²) in [7, 11) is 0. The van der Waals surface area contributed by atoms with E-state index in [9.17, 15) is 13.6 Å². The summed E-state index contributed by atoms with van der Waals surface area (Å²) in [6, 6.07) is 8.85. The highest BCUT2D eigenvalue weighted by Gasteiger charge is 2.13. The summed E-state index contributed by atoms with van der Waals surface area (Å²) >= 11 is 5.07. The van der Waals surface area contributed by atoms with Crippen LogP contribution in [-0.2, 0) is 6.54 Å². The third-order valence-electron chi connectivity index (χ3n) is 3.21. The monoisotopic (exact) mass is 363 g/mol. The molecule has 0 aliphatic carbocycles. The van der Waals surface area contributed by atoms with Crippen LogP contribution in [0.15, 0.2) is 53.2 Å². The molecule has 0 aliphatic rings. The lowest BCUT2D eigenvalue weighted by Gasteiger charge is -2.05. The second-order valence-electron chi connectivity index (χ2n) is 4.90. The molecule has 9 heteroatoms. The summed E-state index contributed by atoms with van der Waals surface area (Å²) in [6.45, 7) is -3.06. The van der Waals surface area contributed by atoms with Crippen LogP contribution in [-0.4, -0.2) is 27.2 Å². The molecule has 2 heterocycles. The second-order valence-corrected chi connectivity index (χ2v) is 5.25. The summed E-state index contributed by atoms with van der Waals surface area (Å²) in [6.07, 6.45) is 3.18. The molecule has 6 nitrogen and oxygen atoms in total. The maximum Gasteiger partial charge on any atom is 0.387 e. The van der Waals surface area contributed by atoms with Crippen LogP contribution in [0.4, 0.5) is 8.78 Å². The molecule has 25 heavy (non-hydrogen) atoms. The highest BCUT2D eigenvalue weighted by atomic mass is 32.1. The van der Waals surface area contributed by atoms with Crippen molar-refractivity contribution in [1.82, 2.24) is 14.8 Å². The van der Waals surface area contributed by atoms with Gasteiger partial charge in [-0.25, -0.2) is 4.68 Å². The molecule has 0 saturated carbocycles. The van der Waals surface area contributed by atoms with E-state index in [1.807, 2.05) is 0 Å². The maximum absolute atomic E-state index is 12.3. The lowest BCUT2D eigenvalue weighted by atomic mass is 10.1. The molecule has 0 atom stereocenters. The SMILES string of the molecule is O=C(Cn1nc(-c2cccnc2)oc1=S)c1ccc(OC(F)F)cc1. The van der Waals surface area contributed by atoms with E-state index < -0.39 is 6.61 Å². The zero-order chi connectivity index (χ0) is 17.8. The summed E-state index contributed by atoms with van der Waals surface area (Å²) in [5.74, 6) is -0.0687. The summed E-state index contributed by atoms with van der Waals surface area (Å²) in [5, 5.41) is 4.16. The van der Waals surface area contributed by atoms with Crippen LogP contribution in [0.5, 0.6) is 5.75 Å². The van der Waals surface area contributed by atoms with Crippen LogP contribution >= 0.6 is 12.2 Å². The Labute approximate surface area is 145 Å². The number of aromatic nitrogens is 3. The number of alkyl halides is 2. The van der Waals surface area contributed by atoms with Gasteiger partial charge in [-0.2, -0.15) is 8.78 Å². The Morgan fingerprint density at radius 3 is 2.68 bits per heavy atom. The van der Waals surface area contributed by atoms with Crippen molar-refractivity contribution in [2.75, 3.05) is 0 Å². The fourth-order valence-electron chi connectivity index (χ4n) is 2.06. The topological polar surface area (TPSA) is 70.2 Å². The minimum absolute atomic E-state index is 0.0246. The van der Waals surface area contributed by atoms with Crippen LogP contribution in [0, 0.1) is 4.84 Å². The molecule has 0 N–H and O–H groups in total. The van der Waals surface area contributed by atoms with Gasteiger partial charge in [0.25, 0.3) is 4.84 Å². The highest BCUT2D eigenvalue weighted by molar-refractivity contribution is 7.71. The fraction of sp³-hybridized carbons (Fsp3) is 0.125. The molecule has 0 bridgehead atoms. The first-order valence-electron chi connectivity index (χ1n) is 7.09. The van der Waals surface area contributed by atoms with Gasteiger partial charge in [-0.15, -0.1) is 5.10 Å². The Balaban J connectivity index is 1.75. The fourth-order valence-corrected chi connectivity index (χ4v) is 2.25. The van der Waals surface area contributed by atoms with Crippen molar-refractivity contribution in [2.45, 2.75) is 13.2 Å². The quantitative estimate of drug-likeness (QED) is 0.491. The van der Waals surface area contributed by atoms with Gasteiger partial charge in [0.05, 0.1) is 5.56 Å². The predicted molar refractivity (Wildman–Crippen MR) is 86.0 cm³/mol. The van der Waals surface area contributed by atoms with Crippen LogP contribution in [0.25, 0.3) is 11.5 Å². The number of hydrogen-bond acceptors (Lipinski definition) is 6. The van der Waals surface area contributed by atoms with Gasteiger partial charge in [0, 0.05) is 18.0 Å². The molecule has 1 aromatic carbocycles. The van der Waals surface area contributed by atoms with E-state index in [0.717, 1.165) is 0 Å². The minimum Gasteiger partial charge on any atom is -0.435 e. The van der Waals surface area contributed by atoms with Gasteiger partial charge in [-0.3, -0.25) is 9.78 Å². The summed E-state index contributed by atoms with van der Waals surface area (Å²) in [5.41, 5.74) is 0.947. The van der Waals surface area contributed by atoms with Gasteiger partial charge in [0.2, 0.25) is 5.89 Å². The molecular formula is C16H11F2N3O3S. The number of Topliss-reactive ketones (excluding diaryl/α,β-unsaturated/α-hetero) is 1. The van der Waals surface area contributed by atoms with E-state index in [1.165, 1.54) is 28.9 Å². The first kappa shape index (κ1) is 16.9. The molecule has 3 aromatic rings. The lowest BCUT2D eigenvalue weighted by Crippen LogP contribution is -2.12. The number of carbonyl (C=O) groups excluding carboxylic acids is 1. The Kier molecular flexibility index (Phi) is 4.94. The first-order valence-corrected chi connectivity index (χ1v) is 7.50. The van der Waals surface area contributed by atoms with E-state index in [4.69, 9.17) is 16.6 Å². The Morgan fingerprint density at radius 1 is 1.28 bits per heavy atom. The second kappa shape index (κ2) is 7.31. The Morgan fingerprint density at radius 2 is 2.04 bits per heavy atom. The molecule has 0 spiro atoms. The average Bonchev–Trinajstić information content (AvgIpc) is 2.96. The lowest BCUT2D eigenvalue weighted by molar-refractivity contribution is -0.0498. The highest BCUT2D eigenvalue weighted by Crippen LogP contribution is 2.18. The van der Waals surface area contributed by atoms with Gasteiger partial charge in [0.15, 0.2) is 5.78 Å². The maximum atomic E-state index is 12.3. The van der Waals surface area contributed by atoms with Gasteiger partial charge < -0.3 is 9.15 Å². The number of hydrogen-bond donors (Lipinski definition) is 0. The molecule has 0 unspecified atom stereocenters. The Bertz CT molecular complexity index is 924. The third-order valence-corrected chi connectivity index (χ3v) is 3.50. The number of carbonyl (C=O) groups is 1. The van der Waals surface area contributed by atoms with Crippen molar-refractivity contribution in [3.8, 4) is 17.2 Å². The number of halogens is 2. The molecule has 3 rings (SSSR count).